The molecule has 3 N–H and O–H groups in total. The van der Waals surface area contributed by atoms with E-state index in [4.69, 9.17) is 9.97 Å². The van der Waals surface area contributed by atoms with Gasteiger partial charge in [-0.15, -0.1) is 0 Å². The molecule has 0 amide bonds. The van der Waals surface area contributed by atoms with Gasteiger partial charge in [0.1, 0.15) is 6.29 Å². The van der Waals surface area contributed by atoms with Crippen LogP contribution in [0, 0.1) is 19.8 Å². The van der Waals surface area contributed by atoms with Gasteiger partial charge in [-0.2, -0.15) is 0 Å². The van der Waals surface area contributed by atoms with Gasteiger partial charge in [0.05, 0.1) is 22.8 Å². The second kappa shape index (κ2) is 10.9. The molecule has 2 aliphatic heterocycles. The maximum atomic E-state index is 11.6. The molecule has 2 unspecified atom stereocenters. The van der Waals surface area contributed by atoms with E-state index in [0.29, 0.717) is 19.3 Å². The molecule has 7 heteroatoms. The highest BCUT2D eigenvalue weighted by atomic mass is 16.4. The van der Waals surface area contributed by atoms with Crippen LogP contribution in [-0.4, -0.2) is 37.3 Å². The quantitative estimate of drug-likeness (QED) is 0.253. The Labute approximate surface area is 257 Å². The number of aliphatic carboxylic acids is 1. The number of hydrogen-bond donors (Lipinski definition) is 3. The van der Waals surface area contributed by atoms with Crippen molar-refractivity contribution in [3.8, 4) is 0 Å². The molecular weight excluding hydrogens is 548 g/mol. The van der Waals surface area contributed by atoms with E-state index in [1.54, 1.807) is 0 Å². The molecule has 6 rings (SSSR count). The Kier molecular flexibility index (Phi) is 7.31. The number of allylic oxidation sites excluding steroid dienone is 6. The van der Waals surface area contributed by atoms with E-state index >= 15 is 0 Å². The Bertz CT molecular complexity index is 2000. The van der Waals surface area contributed by atoms with Crippen molar-refractivity contribution >= 4 is 51.0 Å². The van der Waals surface area contributed by atoms with Crippen LogP contribution in [-0.2, 0) is 27.8 Å². The first-order valence-corrected chi connectivity index (χ1v) is 15.4. The molecule has 0 spiro atoms. The first-order chi connectivity index (χ1) is 20.9. The van der Waals surface area contributed by atoms with Gasteiger partial charge in [-0.05, 0) is 124 Å². The van der Waals surface area contributed by atoms with Gasteiger partial charge in [0, 0.05) is 40.3 Å². The maximum absolute atomic E-state index is 11.6. The molecular formula is C37H40N4O3. The lowest BCUT2D eigenvalue weighted by atomic mass is 9.65. The zero-order valence-corrected chi connectivity index (χ0v) is 26.6. The van der Waals surface area contributed by atoms with E-state index in [2.05, 4.69) is 87.9 Å². The summed E-state index contributed by atoms with van der Waals surface area (Å²) in [6.45, 7) is 15.1. The van der Waals surface area contributed by atoms with Crippen LogP contribution in [0.5, 0.6) is 0 Å². The fourth-order valence-electron chi connectivity index (χ4n) is 7.01. The minimum Gasteiger partial charge on any atom is -0.481 e. The summed E-state index contributed by atoms with van der Waals surface area (Å²) in [5, 5.41) is 9.51. The van der Waals surface area contributed by atoms with Gasteiger partial charge in [0.15, 0.2) is 0 Å². The molecule has 3 aromatic rings. The van der Waals surface area contributed by atoms with Crippen molar-refractivity contribution in [2.24, 2.45) is 5.92 Å². The van der Waals surface area contributed by atoms with Crippen LogP contribution in [0.1, 0.15) is 92.5 Å². The molecule has 0 radical (unpaired) electrons. The molecule has 1 aliphatic carbocycles. The smallest absolute Gasteiger partial charge is 0.303 e. The second-order valence-electron chi connectivity index (χ2n) is 12.7. The highest BCUT2D eigenvalue weighted by molar-refractivity contribution is 5.92. The van der Waals surface area contributed by atoms with Gasteiger partial charge in [-0.25, -0.2) is 4.98 Å². The van der Waals surface area contributed by atoms with E-state index in [1.165, 1.54) is 11.1 Å². The SMILES string of the molecule is CC1=CC=C2c3cc4[nH]c(cc5[nH]c(cc6nc(cc(n3)C2(C)C1C)C(C)=C6C)c(C)c5CCC(=O)O)c(CCC=O)c4C. The van der Waals surface area contributed by atoms with Crippen LogP contribution >= 0.6 is 0 Å². The predicted octanol–water partition coefficient (Wildman–Crippen LogP) is 7.97. The van der Waals surface area contributed by atoms with Crippen molar-refractivity contribution in [3.63, 3.8) is 0 Å². The molecule has 3 aromatic heterocycles. The summed E-state index contributed by atoms with van der Waals surface area (Å²) in [4.78, 5) is 40.7. The number of nitrogens with zero attached hydrogens (tertiary/aromatic N) is 2. The number of aldehydes is 1. The number of fused-ring (bicyclic) bond motifs is 11. The Hall–Kier alpha value is -4.52. The van der Waals surface area contributed by atoms with Crippen LogP contribution in [0.25, 0.3) is 38.8 Å². The van der Waals surface area contributed by atoms with Crippen LogP contribution in [0.3, 0.4) is 0 Å². The lowest BCUT2D eigenvalue weighted by molar-refractivity contribution is -0.136. The van der Waals surface area contributed by atoms with Gasteiger partial charge in [-0.1, -0.05) is 24.6 Å². The summed E-state index contributed by atoms with van der Waals surface area (Å²) in [6.07, 6.45) is 6.82. The fraction of sp³-hybridized carbons (Fsp3) is 0.351. The third-order valence-electron chi connectivity index (χ3n) is 10.4. The maximum Gasteiger partial charge on any atom is 0.303 e. The summed E-state index contributed by atoms with van der Waals surface area (Å²) in [6, 6.07) is 8.45. The number of carboxylic acid groups (broad SMARTS) is 1. The van der Waals surface area contributed by atoms with Gasteiger partial charge < -0.3 is 19.9 Å². The Morgan fingerprint density at radius 2 is 1.43 bits per heavy atom. The summed E-state index contributed by atoms with van der Waals surface area (Å²) in [5.41, 5.74) is 15.9. The number of carbonyl (C=O) groups is 2. The molecule has 44 heavy (non-hydrogen) atoms. The lowest BCUT2D eigenvalue weighted by Gasteiger charge is -2.36. The van der Waals surface area contributed by atoms with E-state index in [-0.39, 0.29) is 17.8 Å². The molecule has 2 atom stereocenters. The zero-order chi connectivity index (χ0) is 31.5. The average Bonchev–Trinajstić information content (AvgIpc) is 3.62. The van der Waals surface area contributed by atoms with E-state index in [9.17, 15) is 14.7 Å². The first kappa shape index (κ1) is 29.5. The topological polar surface area (TPSA) is 112 Å². The Morgan fingerprint density at radius 1 is 0.841 bits per heavy atom. The number of carbonyl (C=O) groups excluding carboxylic acids is 1. The fourth-order valence-corrected chi connectivity index (χ4v) is 7.01. The van der Waals surface area contributed by atoms with Crippen LogP contribution in [0.4, 0.5) is 0 Å². The van der Waals surface area contributed by atoms with E-state index in [1.807, 2.05) is 6.92 Å². The van der Waals surface area contributed by atoms with Crippen LogP contribution in [0.2, 0.25) is 0 Å². The standard InChI is InChI=1S/C37H40N4O3/c1-19-10-12-27-34-16-30-22(4)25(9-8-14-42)32(40-30)17-33-26(11-13-36(43)44)23(5)29(39-33)15-28-20(2)21(3)31(38-28)18-35(41-34)37(27,7)24(19)6/h10,12,14-18,24,39-40H,8-9,11,13H2,1-7H3,(H,43,44). The van der Waals surface area contributed by atoms with Crippen molar-refractivity contribution < 1.29 is 14.7 Å². The summed E-state index contributed by atoms with van der Waals surface area (Å²) >= 11 is 0. The molecule has 7 nitrogen and oxygen atoms in total. The molecule has 0 aromatic carbocycles. The summed E-state index contributed by atoms with van der Waals surface area (Å²) in [5.74, 6) is -0.575. The largest absolute Gasteiger partial charge is 0.481 e. The van der Waals surface area contributed by atoms with Crippen LogP contribution in [0.15, 0.2) is 42.0 Å². The van der Waals surface area contributed by atoms with Crippen molar-refractivity contribution in [3.05, 3.63) is 87.0 Å². The van der Waals surface area contributed by atoms with Crippen LogP contribution < -0.4 is 0 Å². The van der Waals surface area contributed by atoms with Gasteiger partial charge in [-0.3, -0.25) is 9.78 Å². The molecule has 3 aliphatic rings. The number of aromatic nitrogens is 4. The monoisotopic (exact) mass is 588 g/mol. The molecule has 226 valence electrons. The summed E-state index contributed by atoms with van der Waals surface area (Å²) < 4.78 is 0. The van der Waals surface area contributed by atoms with Gasteiger partial charge in [0.25, 0.3) is 0 Å². The number of nitrogens with one attached hydrogen (secondary N) is 2. The number of carboxylic acids is 1. The molecule has 5 heterocycles. The van der Waals surface area contributed by atoms with Crippen molar-refractivity contribution in [2.75, 3.05) is 0 Å². The zero-order valence-electron chi connectivity index (χ0n) is 26.6. The third kappa shape index (κ3) is 4.66. The number of hydrogen-bond acceptors (Lipinski definition) is 4. The highest BCUT2D eigenvalue weighted by Crippen LogP contribution is 2.51. The van der Waals surface area contributed by atoms with Gasteiger partial charge in [0.2, 0.25) is 0 Å². The molecule has 0 saturated heterocycles. The van der Waals surface area contributed by atoms with E-state index in [0.717, 1.165) is 84.5 Å². The Morgan fingerprint density at radius 3 is 2.05 bits per heavy atom. The Balaban J connectivity index is 1.77. The number of aryl methyl sites for hydroxylation is 4. The molecule has 8 bridgehead atoms. The lowest BCUT2D eigenvalue weighted by Crippen LogP contribution is -2.31. The van der Waals surface area contributed by atoms with Crippen molar-refractivity contribution in [1.29, 1.82) is 0 Å². The second-order valence-corrected chi connectivity index (χ2v) is 12.7. The van der Waals surface area contributed by atoms with Gasteiger partial charge >= 0.3 is 5.97 Å². The number of rotatable bonds is 6. The van der Waals surface area contributed by atoms with Crippen molar-refractivity contribution in [1.82, 2.24) is 19.9 Å². The summed E-state index contributed by atoms with van der Waals surface area (Å²) in [7, 11) is 0. The van der Waals surface area contributed by atoms with E-state index < -0.39 is 5.97 Å². The minimum absolute atomic E-state index is 0.0320. The molecule has 0 saturated carbocycles. The molecule has 0 fully saturated rings. The first-order valence-electron chi connectivity index (χ1n) is 15.4. The predicted molar refractivity (Wildman–Crippen MR) is 177 cm³/mol. The van der Waals surface area contributed by atoms with Crippen molar-refractivity contribution in [2.45, 2.75) is 79.6 Å². The number of aromatic amines is 2. The normalized spacial score (nSPS) is 19.5. The minimum atomic E-state index is -0.833. The highest BCUT2D eigenvalue weighted by Gasteiger charge is 2.45. The third-order valence-corrected chi connectivity index (χ3v) is 10.4. The number of H-pyrrole nitrogens is 2. The average molecular weight is 589 g/mol.